The fourth-order valence-corrected chi connectivity index (χ4v) is 3.92. The summed E-state index contributed by atoms with van der Waals surface area (Å²) in [5.74, 6) is 2.54. The molecule has 0 aromatic heterocycles. The zero-order chi connectivity index (χ0) is 21.8. The number of carbonyl (C=O) groups excluding carboxylic acids is 1. The van der Waals surface area contributed by atoms with E-state index in [1.165, 1.54) is 0 Å². The highest BCUT2D eigenvalue weighted by Gasteiger charge is 2.21. The smallest absolute Gasteiger partial charge is 0.251 e. The molecular formula is C26H25NO5. The summed E-state index contributed by atoms with van der Waals surface area (Å²) in [7, 11) is 0. The molecule has 164 valence electrons. The standard InChI is InChI=1S/C26H25NO5/c28-26(20-8-10-22-25(17-20)30-12-4-11-29-22)27-21(15-18-5-2-1-3-6-18)19-7-9-23-24(16-19)32-14-13-31-23/h1-3,5-10,16-17,21H,4,11-15H2,(H,27,28). The van der Waals surface area contributed by atoms with Gasteiger partial charge in [-0.05, 0) is 47.9 Å². The summed E-state index contributed by atoms with van der Waals surface area (Å²) in [6, 6.07) is 21.0. The van der Waals surface area contributed by atoms with Gasteiger partial charge in [-0.1, -0.05) is 36.4 Å². The van der Waals surface area contributed by atoms with Crippen molar-refractivity contribution in [3.05, 3.63) is 83.4 Å². The maximum absolute atomic E-state index is 13.2. The Kier molecular flexibility index (Phi) is 5.83. The lowest BCUT2D eigenvalue weighted by molar-refractivity contribution is 0.0936. The summed E-state index contributed by atoms with van der Waals surface area (Å²) in [4.78, 5) is 13.2. The quantitative estimate of drug-likeness (QED) is 0.651. The van der Waals surface area contributed by atoms with E-state index in [9.17, 15) is 4.79 Å². The van der Waals surface area contributed by atoms with Crippen LogP contribution in [0.4, 0.5) is 0 Å². The second kappa shape index (κ2) is 9.22. The molecule has 6 nitrogen and oxygen atoms in total. The highest BCUT2D eigenvalue weighted by molar-refractivity contribution is 5.95. The van der Waals surface area contributed by atoms with E-state index in [1.807, 2.05) is 36.4 Å². The van der Waals surface area contributed by atoms with Crippen molar-refractivity contribution in [2.75, 3.05) is 26.4 Å². The summed E-state index contributed by atoms with van der Waals surface area (Å²) in [5.41, 5.74) is 2.62. The third-order valence-electron chi connectivity index (χ3n) is 5.57. The van der Waals surface area contributed by atoms with Crippen LogP contribution in [0.25, 0.3) is 0 Å². The fraction of sp³-hybridized carbons (Fsp3) is 0.269. The van der Waals surface area contributed by atoms with Crippen molar-refractivity contribution in [2.24, 2.45) is 0 Å². The van der Waals surface area contributed by atoms with Crippen molar-refractivity contribution in [2.45, 2.75) is 18.9 Å². The van der Waals surface area contributed by atoms with E-state index in [2.05, 4.69) is 17.4 Å². The minimum atomic E-state index is -0.239. The normalized spacial score (nSPS) is 15.4. The van der Waals surface area contributed by atoms with Crippen LogP contribution in [-0.2, 0) is 6.42 Å². The number of carbonyl (C=O) groups is 1. The molecule has 0 saturated heterocycles. The van der Waals surface area contributed by atoms with Crippen molar-refractivity contribution in [1.29, 1.82) is 0 Å². The van der Waals surface area contributed by atoms with Crippen LogP contribution in [0.15, 0.2) is 66.7 Å². The molecule has 0 radical (unpaired) electrons. The van der Waals surface area contributed by atoms with Crippen molar-refractivity contribution >= 4 is 5.91 Å². The van der Waals surface area contributed by atoms with Crippen LogP contribution in [0.5, 0.6) is 23.0 Å². The van der Waals surface area contributed by atoms with E-state index >= 15 is 0 Å². The van der Waals surface area contributed by atoms with Gasteiger partial charge in [0, 0.05) is 12.0 Å². The first-order valence-corrected chi connectivity index (χ1v) is 10.9. The van der Waals surface area contributed by atoms with Gasteiger partial charge in [0.15, 0.2) is 23.0 Å². The zero-order valence-corrected chi connectivity index (χ0v) is 17.7. The largest absolute Gasteiger partial charge is 0.490 e. The van der Waals surface area contributed by atoms with Crippen LogP contribution in [0.2, 0.25) is 0 Å². The van der Waals surface area contributed by atoms with Gasteiger partial charge in [-0.2, -0.15) is 0 Å². The number of rotatable bonds is 5. The van der Waals surface area contributed by atoms with E-state index in [0.717, 1.165) is 23.3 Å². The molecule has 5 rings (SSSR count). The molecule has 2 aliphatic rings. The molecule has 3 aromatic carbocycles. The molecule has 0 spiro atoms. The van der Waals surface area contributed by atoms with E-state index in [0.29, 0.717) is 55.7 Å². The molecule has 0 aliphatic carbocycles. The number of benzene rings is 3. The van der Waals surface area contributed by atoms with Crippen LogP contribution >= 0.6 is 0 Å². The molecule has 2 aliphatic heterocycles. The fourth-order valence-electron chi connectivity index (χ4n) is 3.92. The number of nitrogens with one attached hydrogen (secondary N) is 1. The Balaban J connectivity index is 1.41. The van der Waals surface area contributed by atoms with E-state index in [1.54, 1.807) is 18.2 Å². The monoisotopic (exact) mass is 431 g/mol. The molecule has 1 amide bonds. The number of hydrogen-bond donors (Lipinski definition) is 1. The summed E-state index contributed by atoms with van der Waals surface area (Å²) in [6.07, 6.45) is 1.47. The van der Waals surface area contributed by atoms with E-state index in [-0.39, 0.29) is 11.9 Å². The highest BCUT2D eigenvalue weighted by Crippen LogP contribution is 2.34. The Morgan fingerprint density at radius 1 is 0.750 bits per heavy atom. The van der Waals surface area contributed by atoms with Crippen LogP contribution in [0.1, 0.15) is 33.9 Å². The molecular weight excluding hydrogens is 406 g/mol. The van der Waals surface area contributed by atoms with Crippen LogP contribution < -0.4 is 24.3 Å². The summed E-state index contributed by atoms with van der Waals surface area (Å²) in [5, 5.41) is 3.20. The van der Waals surface area contributed by atoms with E-state index < -0.39 is 0 Å². The average Bonchev–Trinajstić information content (AvgIpc) is 3.09. The third-order valence-corrected chi connectivity index (χ3v) is 5.57. The lowest BCUT2D eigenvalue weighted by Gasteiger charge is -2.23. The van der Waals surface area contributed by atoms with Crippen molar-refractivity contribution < 1.29 is 23.7 Å². The molecule has 2 heterocycles. The number of hydrogen-bond acceptors (Lipinski definition) is 5. The molecule has 1 N–H and O–H groups in total. The second-order valence-corrected chi connectivity index (χ2v) is 7.83. The predicted octanol–water partition coefficient (Wildman–Crippen LogP) is 4.33. The molecule has 6 heteroatoms. The lowest BCUT2D eigenvalue weighted by atomic mass is 9.97. The SMILES string of the molecule is O=C(NC(Cc1ccccc1)c1ccc2c(c1)OCCO2)c1ccc2c(c1)OCCCO2. The van der Waals surface area contributed by atoms with Gasteiger partial charge in [0.2, 0.25) is 0 Å². The highest BCUT2D eigenvalue weighted by atomic mass is 16.6. The Bertz CT molecular complexity index is 1100. The van der Waals surface area contributed by atoms with Crippen molar-refractivity contribution in [3.63, 3.8) is 0 Å². The van der Waals surface area contributed by atoms with Gasteiger partial charge in [0.05, 0.1) is 19.3 Å². The summed E-state index contributed by atoms with van der Waals surface area (Å²) in [6.45, 7) is 2.25. The lowest BCUT2D eigenvalue weighted by Crippen LogP contribution is -2.30. The topological polar surface area (TPSA) is 66.0 Å². The third kappa shape index (κ3) is 4.49. The minimum absolute atomic E-state index is 0.170. The zero-order valence-electron chi connectivity index (χ0n) is 17.7. The Morgan fingerprint density at radius 2 is 1.41 bits per heavy atom. The molecule has 0 saturated carbocycles. The first kappa shape index (κ1) is 20.2. The maximum Gasteiger partial charge on any atom is 0.251 e. The Labute approximate surface area is 187 Å². The number of amides is 1. The van der Waals surface area contributed by atoms with Crippen LogP contribution in [0, 0.1) is 0 Å². The number of ether oxygens (including phenoxy) is 4. The molecule has 0 bridgehead atoms. The van der Waals surface area contributed by atoms with Gasteiger partial charge >= 0.3 is 0 Å². The van der Waals surface area contributed by atoms with Gasteiger partial charge in [-0.3, -0.25) is 4.79 Å². The summed E-state index contributed by atoms with van der Waals surface area (Å²) < 4.78 is 22.8. The van der Waals surface area contributed by atoms with Gasteiger partial charge in [0.1, 0.15) is 13.2 Å². The second-order valence-electron chi connectivity index (χ2n) is 7.83. The predicted molar refractivity (Wildman–Crippen MR) is 120 cm³/mol. The Hall–Kier alpha value is -3.67. The molecule has 3 aromatic rings. The maximum atomic E-state index is 13.2. The first-order valence-electron chi connectivity index (χ1n) is 10.9. The van der Waals surface area contributed by atoms with Crippen molar-refractivity contribution in [3.8, 4) is 23.0 Å². The summed E-state index contributed by atoms with van der Waals surface area (Å²) >= 11 is 0. The van der Waals surface area contributed by atoms with Gasteiger partial charge in [-0.15, -0.1) is 0 Å². The molecule has 1 atom stereocenters. The molecule has 1 unspecified atom stereocenters. The van der Waals surface area contributed by atoms with Crippen LogP contribution in [0.3, 0.4) is 0 Å². The average molecular weight is 431 g/mol. The molecule has 0 fully saturated rings. The minimum Gasteiger partial charge on any atom is -0.490 e. The molecule has 32 heavy (non-hydrogen) atoms. The van der Waals surface area contributed by atoms with Gasteiger partial charge < -0.3 is 24.3 Å². The Morgan fingerprint density at radius 3 is 2.22 bits per heavy atom. The van der Waals surface area contributed by atoms with Crippen LogP contribution in [-0.4, -0.2) is 32.3 Å². The van der Waals surface area contributed by atoms with Gasteiger partial charge in [-0.25, -0.2) is 0 Å². The van der Waals surface area contributed by atoms with Gasteiger partial charge in [0.25, 0.3) is 5.91 Å². The first-order chi connectivity index (χ1) is 15.8. The van der Waals surface area contributed by atoms with E-state index in [4.69, 9.17) is 18.9 Å². The van der Waals surface area contributed by atoms with Crippen molar-refractivity contribution in [1.82, 2.24) is 5.32 Å². The number of fused-ring (bicyclic) bond motifs is 2.